The molecule has 3 aromatic heterocycles. The molecule has 31 heavy (non-hydrogen) atoms. The summed E-state index contributed by atoms with van der Waals surface area (Å²) in [4.78, 5) is 11.6. The summed E-state index contributed by atoms with van der Waals surface area (Å²) in [7, 11) is -4.41. The van der Waals surface area contributed by atoms with E-state index in [-0.39, 0.29) is 33.4 Å². The molecule has 3 rings (SSSR count). The third-order valence-corrected chi connectivity index (χ3v) is 7.39. The monoisotopic (exact) mass is 455 g/mol. The molecule has 8 nitrogen and oxygen atoms in total. The standard InChI is InChI=1S/C19H20F3N5O3S/c1-5-31(4,28,29)14-6-12(30-18(2,3)10-23)8-24-17(14)13-9-27-11-25-15(19(20,21)22)7-16(27)26-13/h6-9,11H,5H2,1-4H3,(H,28,29). The van der Waals surface area contributed by atoms with Crippen LogP contribution in [-0.2, 0) is 15.5 Å². The number of rotatable bonds is 5. The van der Waals surface area contributed by atoms with Crippen molar-refractivity contribution in [1.82, 2.24) is 19.4 Å². The van der Waals surface area contributed by atoms with Gasteiger partial charge in [0.05, 0.1) is 11.1 Å². The van der Waals surface area contributed by atoms with Crippen LogP contribution < -0.4 is 4.74 Å². The number of fused-ring (bicyclic) bond motifs is 1. The molecule has 0 bridgehead atoms. The van der Waals surface area contributed by atoms with Gasteiger partial charge in [0, 0.05) is 30.3 Å². The van der Waals surface area contributed by atoms with E-state index in [1.165, 1.54) is 43.6 Å². The number of aromatic nitrogens is 4. The summed E-state index contributed by atoms with van der Waals surface area (Å²) in [5.74, 6) is -0.0530. The molecule has 0 saturated carbocycles. The van der Waals surface area contributed by atoms with Gasteiger partial charge in [-0.25, -0.2) is 19.2 Å². The predicted octanol–water partition coefficient (Wildman–Crippen LogP) is 3.79. The zero-order valence-electron chi connectivity index (χ0n) is 17.1. The molecule has 0 spiro atoms. The number of halogens is 3. The van der Waals surface area contributed by atoms with Crippen molar-refractivity contribution in [3.63, 3.8) is 0 Å². The largest absolute Gasteiger partial charge is 0.471 e. The summed E-state index contributed by atoms with van der Waals surface area (Å²) in [5.41, 5.74) is -2.27. The molecule has 0 aromatic carbocycles. The van der Waals surface area contributed by atoms with Crippen molar-refractivity contribution >= 4 is 15.0 Å². The van der Waals surface area contributed by atoms with E-state index in [0.29, 0.717) is 0 Å². The Bertz CT molecular complexity index is 1270. The van der Waals surface area contributed by atoms with E-state index in [1.54, 1.807) is 0 Å². The molecule has 12 heteroatoms. The fourth-order valence-corrected chi connectivity index (χ4v) is 4.09. The first-order valence-corrected chi connectivity index (χ1v) is 11.5. The average Bonchev–Trinajstić information content (AvgIpc) is 3.10. The van der Waals surface area contributed by atoms with Crippen LogP contribution in [0.5, 0.6) is 5.75 Å². The van der Waals surface area contributed by atoms with Crippen LogP contribution in [0.1, 0.15) is 26.5 Å². The first-order chi connectivity index (χ1) is 14.1. The van der Waals surface area contributed by atoms with Gasteiger partial charge < -0.3 is 4.74 Å². The maximum absolute atomic E-state index is 13.3. The molecule has 0 aliphatic heterocycles. The average molecular weight is 455 g/mol. The summed E-state index contributed by atoms with van der Waals surface area (Å²) < 4.78 is 69.9. The number of nitrogens with zero attached hydrogens (tertiary/aromatic N) is 5. The van der Waals surface area contributed by atoms with E-state index < -0.39 is 26.8 Å². The van der Waals surface area contributed by atoms with Crippen molar-refractivity contribution in [1.29, 1.82) is 5.26 Å². The van der Waals surface area contributed by atoms with Crippen molar-refractivity contribution in [3.05, 3.63) is 36.5 Å². The molecule has 3 heterocycles. The quantitative estimate of drug-likeness (QED) is 0.623. The summed E-state index contributed by atoms with van der Waals surface area (Å²) in [5, 5.41) is 9.18. The van der Waals surface area contributed by atoms with Gasteiger partial charge in [0.1, 0.15) is 40.9 Å². The van der Waals surface area contributed by atoms with E-state index in [0.717, 1.165) is 18.6 Å². The van der Waals surface area contributed by atoms with Crippen LogP contribution in [0.25, 0.3) is 17.0 Å². The van der Waals surface area contributed by atoms with E-state index >= 15 is 0 Å². The number of alkyl halides is 3. The smallest absolute Gasteiger partial charge is 0.433 e. The summed E-state index contributed by atoms with van der Waals surface area (Å²) in [6.07, 6.45) is 0.115. The van der Waals surface area contributed by atoms with E-state index in [4.69, 9.17) is 4.74 Å². The van der Waals surface area contributed by atoms with Crippen molar-refractivity contribution in [2.45, 2.75) is 37.4 Å². The van der Waals surface area contributed by atoms with Gasteiger partial charge in [-0.1, -0.05) is 0 Å². The number of hydrogen-bond acceptors (Lipinski definition) is 6. The molecule has 3 aromatic rings. The lowest BCUT2D eigenvalue weighted by Crippen LogP contribution is -2.34. The Labute approximate surface area is 176 Å². The Kier molecular flexibility index (Phi) is 5.11. The molecular weight excluding hydrogens is 435 g/mol. The molecule has 0 aliphatic carbocycles. The normalized spacial score (nSPS) is 14.1. The minimum Gasteiger partial charge on any atom is -0.471 e. The molecule has 0 aliphatic rings. The van der Waals surface area contributed by atoms with Gasteiger partial charge >= 0.3 is 6.18 Å². The Hall–Kier alpha value is -3.04. The first kappa shape index (κ1) is 22.6. The fraction of sp³-hybridized carbons (Fsp3) is 0.368. The molecule has 0 atom stereocenters. The molecule has 166 valence electrons. The summed E-state index contributed by atoms with van der Waals surface area (Å²) in [6, 6.07) is 4.04. The molecule has 0 saturated heterocycles. The van der Waals surface area contributed by atoms with Gasteiger partial charge in [-0.2, -0.15) is 27.8 Å². The topological polar surface area (TPSA) is 113 Å². The molecular formula is C19H20F3N5O3S. The van der Waals surface area contributed by atoms with Crippen LogP contribution in [0.2, 0.25) is 0 Å². The second-order valence-corrected chi connectivity index (χ2v) is 11.7. The number of imidazole rings is 1. The SMILES string of the molecule is CCS(C)(=O)(O)c1cc(OC(C)(C)C#N)cnc1-c1cn2cnc(C(F)(F)F)cc2n1. The van der Waals surface area contributed by atoms with E-state index in [9.17, 15) is 27.2 Å². The number of ether oxygens (including phenoxy) is 1. The van der Waals surface area contributed by atoms with Gasteiger partial charge in [-0.05, 0) is 20.8 Å². The predicted molar refractivity (Wildman–Crippen MR) is 107 cm³/mol. The summed E-state index contributed by atoms with van der Waals surface area (Å²) >= 11 is 0. The maximum atomic E-state index is 13.3. The zero-order valence-corrected chi connectivity index (χ0v) is 18.0. The van der Waals surface area contributed by atoms with Crippen LogP contribution in [0.4, 0.5) is 13.2 Å². The number of pyridine rings is 1. The minimum atomic E-state index is -4.64. The van der Waals surface area contributed by atoms with Gasteiger partial charge in [-0.3, -0.25) is 8.95 Å². The van der Waals surface area contributed by atoms with Crippen LogP contribution in [0.15, 0.2) is 35.7 Å². The second kappa shape index (κ2) is 7.00. The van der Waals surface area contributed by atoms with Crippen LogP contribution in [-0.4, -0.2) is 45.7 Å². The van der Waals surface area contributed by atoms with E-state index in [2.05, 4.69) is 15.0 Å². The second-order valence-electron chi connectivity index (χ2n) is 7.68. The van der Waals surface area contributed by atoms with Crippen molar-refractivity contribution in [3.8, 4) is 23.2 Å². The molecule has 0 amide bonds. The van der Waals surface area contributed by atoms with Crippen molar-refractivity contribution in [2.24, 2.45) is 0 Å². The highest BCUT2D eigenvalue weighted by Gasteiger charge is 2.33. The lowest BCUT2D eigenvalue weighted by molar-refractivity contribution is -0.141. The highest BCUT2D eigenvalue weighted by Crippen LogP contribution is 2.39. The molecule has 1 N–H and O–H groups in total. The first-order valence-electron chi connectivity index (χ1n) is 9.04. The van der Waals surface area contributed by atoms with Crippen LogP contribution >= 0.6 is 0 Å². The van der Waals surface area contributed by atoms with Crippen molar-refractivity contribution < 1.29 is 26.7 Å². The Morgan fingerprint density at radius 3 is 2.55 bits per heavy atom. The van der Waals surface area contributed by atoms with Gasteiger partial charge in [-0.15, -0.1) is 0 Å². The Balaban J connectivity index is 2.21. The van der Waals surface area contributed by atoms with Gasteiger partial charge in [0.15, 0.2) is 5.60 Å². The molecule has 0 fully saturated rings. The minimum absolute atomic E-state index is 0.0169. The lowest BCUT2D eigenvalue weighted by Gasteiger charge is -2.38. The zero-order chi connectivity index (χ0) is 23.3. The maximum Gasteiger partial charge on any atom is 0.433 e. The van der Waals surface area contributed by atoms with E-state index in [1.807, 2.05) is 6.07 Å². The number of hydrogen-bond donors (Lipinski definition) is 1. The third-order valence-electron chi connectivity index (χ3n) is 4.59. The van der Waals surface area contributed by atoms with Crippen molar-refractivity contribution in [2.75, 3.05) is 12.0 Å². The van der Waals surface area contributed by atoms with Crippen LogP contribution in [0, 0.1) is 11.3 Å². The van der Waals surface area contributed by atoms with Crippen LogP contribution in [0.3, 0.4) is 0 Å². The highest BCUT2D eigenvalue weighted by molar-refractivity contribution is 8.14. The molecule has 0 unspecified atom stereocenters. The Morgan fingerprint density at radius 2 is 1.97 bits per heavy atom. The molecule has 0 radical (unpaired) electrons. The third kappa shape index (κ3) is 4.52. The highest BCUT2D eigenvalue weighted by atomic mass is 32.3. The lowest BCUT2D eigenvalue weighted by atomic mass is 10.2. The Morgan fingerprint density at radius 1 is 1.29 bits per heavy atom. The van der Waals surface area contributed by atoms with Gasteiger partial charge in [0.2, 0.25) is 0 Å². The number of nitriles is 1. The fourth-order valence-electron chi connectivity index (χ4n) is 2.71. The summed E-state index contributed by atoms with van der Waals surface area (Å²) in [6.45, 7) is 4.57. The van der Waals surface area contributed by atoms with Gasteiger partial charge in [0.25, 0.3) is 0 Å².